The van der Waals surface area contributed by atoms with Gasteiger partial charge in [0.1, 0.15) is 18.6 Å². The number of phenolic OH excluding ortho intramolecular Hbond substituents is 2. The van der Waals surface area contributed by atoms with Crippen molar-refractivity contribution >= 4 is 5.91 Å². The Kier molecular flexibility index (Phi) is 8.31. The van der Waals surface area contributed by atoms with Crippen LogP contribution in [0.25, 0.3) is 11.5 Å². The van der Waals surface area contributed by atoms with E-state index in [1.54, 1.807) is 20.8 Å². The number of nitrogens with one attached hydrogen (secondary N) is 1. The minimum Gasteiger partial charge on any atom is -0.504 e. The van der Waals surface area contributed by atoms with Gasteiger partial charge < -0.3 is 28.8 Å². The van der Waals surface area contributed by atoms with E-state index in [0.29, 0.717) is 11.3 Å². The van der Waals surface area contributed by atoms with Crippen LogP contribution in [0.15, 0.2) is 41.0 Å². The van der Waals surface area contributed by atoms with Crippen molar-refractivity contribution in [2.45, 2.75) is 40.1 Å². The number of rotatable bonds is 11. The number of nitrogens with zero attached hydrogens (tertiary/aromatic N) is 1. The maximum absolute atomic E-state index is 12.7. The van der Waals surface area contributed by atoms with Crippen molar-refractivity contribution in [1.29, 1.82) is 0 Å². The fourth-order valence-corrected chi connectivity index (χ4v) is 2.95. The number of aromatic hydroxyl groups is 2. The molecule has 0 radical (unpaired) electrons. The number of carbonyl (C=O) groups is 1. The van der Waals surface area contributed by atoms with Crippen molar-refractivity contribution in [3.8, 4) is 40.2 Å². The third kappa shape index (κ3) is 6.51. The van der Waals surface area contributed by atoms with Gasteiger partial charge in [0.15, 0.2) is 23.0 Å². The lowest BCUT2D eigenvalue weighted by atomic mass is 10.1. The Morgan fingerprint density at radius 1 is 1.14 bits per heavy atom. The molecule has 0 fully saturated rings. The molecule has 0 saturated carbocycles. The molecule has 1 heterocycles. The third-order valence-corrected chi connectivity index (χ3v) is 4.35. The Balaban J connectivity index is 1.67. The zero-order valence-corrected chi connectivity index (χ0v) is 19.1. The third-order valence-electron chi connectivity index (χ3n) is 4.35. The molecule has 3 aromatic rings. The number of benzene rings is 2. The summed E-state index contributed by atoms with van der Waals surface area (Å²) in [4.78, 5) is 21.8. The highest BCUT2D eigenvalue weighted by atomic mass is 19.3. The summed E-state index contributed by atoms with van der Waals surface area (Å²) in [6.07, 6.45) is 1.01. The standard InChI is InChI=1S/C23H24F2N2O8/c1-4-31-20-15(6-7-16(28)19(20)29)21(30)27-33-11-14-10-32-22(26-14)13-5-8-17(35-23(24)25)18(9-13)34-12(2)3/h5-10,12,23,28-29H,4,11H2,1-3H3,(H,27,30). The second-order valence-corrected chi connectivity index (χ2v) is 7.31. The molecule has 0 aliphatic rings. The van der Waals surface area contributed by atoms with Crippen molar-refractivity contribution in [2.75, 3.05) is 6.61 Å². The van der Waals surface area contributed by atoms with Gasteiger partial charge in [-0.15, -0.1) is 0 Å². The largest absolute Gasteiger partial charge is 0.504 e. The van der Waals surface area contributed by atoms with E-state index < -0.39 is 24.0 Å². The summed E-state index contributed by atoms with van der Waals surface area (Å²) in [6, 6.07) is 6.68. The number of aromatic nitrogens is 1. The van der Waals surface area contributed by atoms with Crippen LogP contribution in [0, 0.1) is 0 Å². The molecule has 0 spiro atoms. The van der Waals surface area contributed by atoms with Crippen LogP contribution in [0.2, 0.25) is 0 Å². The second kappa shape index (κ2) is 11.4. The topological polar surface area (TPSA) is 133 Å². The van der Waals surface area contributed by atoms with E-state index in [0.717, 1.165) is 6.07 Å². The molecule has 3 rings (SSSR count). The molecule has 0 bridgehead atoms. The summed E-state index contributed by atoms with van der Waals surface area (Å²) in [7, 11) is 0. The van der Waals surface area contributed by atoms with Crippen molar-refractivity contribution in [2.24, 2.45) is 0 Å². The number of phenols is 2. The Labute approximate surface area is 199 Å². The number of hydrogen-bond donors (Lipinski definition) is 3. The van der Waals surface area contributed by atoms with Gasteiger partial charge in [0.05, 0.1) is 18.3 Å². The van der Waals surface area contributed by atoms with Gasteiger partial charge >= 0.3 is 6.61 Å². The number of hydrogen-bond acceptors (Lipinski definition) is 9. The predicted molar refractivity (Wildman–Crippen MR) is 118 cm³/mol. The number of halogens is 2. The zero-order valence-electron chi connectivity index (χ0n) is 19.1. The lowest BCUT2D eigenvalue weighted by Crippen LogP contribution is -2.24. The van der Waals surface area contributed by atoms with E-state index in [9.17, 15) is 23.8 Å². The highest BCUT2D eigenvalue weighted by molar-refractivity contribution is 5.97. The normalized spacial score (nSPS) is 11.1. The summed E-state index contributed by atoms with van der Waals surface area (Å²) in [5.41, 5.74) is 2.91. The Morgan fingerprint density at radius 3 is 2.60 bits per heavy atom. The van der Waals surface area contributed by atoms with Gasteiger partial charge in [0, 0.05) is 5.56 Å². The zero-order chi connectivity index (χ0) is 25.5. The molecule has 35 heavy (non-hydrogen) atoms. The number of alkyl halides is 2. The van der Waals surface area contributed by atoms with Gasteiger partial charge in [0.2, 0.25) is 11.6 Å². The van der Waals surface area contributed by atoms with Gasteiger partial charge in [0.25, 0.3) is 5.91 Å². The molecule has 3 N–H and O–H groups in total. The fraction of sp³-hybridized carbons (Fsp3) is 0.304. The number of ether oxygens (including phenoxy) is 3. The average molecular weight is 494 g/mol. The van der Waals surface area contributed by atoms with E-state index in [1.807, 2.05) is 0 Å². The number of hydroxylamine groups is 1. The van der Waals surface area contributed by atoms with E-state index in [4.69, 9.17) is 18.7 Å². The summed E-state index contributed by atoms with van der Waals surface area (Å²) in [6.45, 7) is 2.10. The first kappa shape index (κ1) is 25.6. The predicted octanol–water partition coefficient (Wildman–Crippen LogP) is 4.40. The summed E-state index contributed by atoms with van der Waals surface area (Å²) in [5, 5.41) is 19.5. The molecule has 0 aliphatic carbocycles. The van der Waals surface area contributed by atoms with Gasteiger partial charge in [-0.1, -0.05) is 0 Å². The van der Waals surface area contributed by atoms with Crippen molar-refractivity contribution in [3.63, 3.8) is 0 Å². The Morgan fingerprint density at radius 2 is 1.91 bits per heavy atom. The van der Waals surface area contributed by atoms with E-state index >= 15 is 0 Å². The summed E-state index contributed by atoms with van der Waals surface area (Å²) < 4.78 is 46.0. The van der Waals surface area contributed by atoms with Crippen LogP contribution in [-0.2, 0) is 11.4 Å². The summed E-state index contributed by atoms with van der Waals surface area (Å²) >= 11 is 0. The molecule has 2 aromatic carbocycles. The first-order valence-corrected chi connectivity index (χ1v) is 10.5. The van der Waals surface area contributed by atoms with Crippen LogP contribution < -0.4 is 19.7 Å². The molecule has 0 unspecified atom stereocenters. The van der Waals surface area contributed by atoms with Crippen molar-refractivity contribution in [1.82, 2.24) is 10.5 Å². The molecule has 0 saturated heterocycles. The number of oxazole rings is 1. The summed E-state index contributed by atoms with van der Waals surface area (Å²) in [5.74, 6) is -1.77. The van der Waals surface area contributed by atoms with E-state index in [-0.39, 0.29) is 48.0 Å². The lowest BCUT2D eigenvalue weighted by Gasteiger charge is -2.15. The minimum absolute atomic E-state index is 0.0493. The van der Waals surface area contributed by atoms with Gasteiger partial charge in [-0.3, -0.25) is 9.63 Å². The van der Waals surface area contributed by atoms with Crippen LogP contribution in [0.3, 0.4) is 0 Å². The van der Waals surface area contributed by atoms with E-state index in [2.05, 4.69) is 15.2 Å². The monoisotopic (exact) mass is 494 g/mol. The molecule has 0 atom stereocenters. The van der Waals surface area contributed by atoms with Crippen molar-refractivity contribution in [3.05, 3.63) is 47.9 Å². The maximum Gasteiger partial charge on any atom is 0.387 e. The van der Waals surface area contributed by atoms with Gasteiger partial charge in [-0.05, 0) is 51.1 Å². The average Bonchev–Trinajstić information content (AvgIpc) is 3.26. The van der Waals surface area contributed by atoms with E-state index in [1.165, 1.54) is 30.5 Å². The molecule has 10 nitrogen and oxygen atoms in total. The lowest BCUT2D eigenvalue weighted by molar-refractivity contribution is -0.0518. The number of amides is 1. The van der Waals surface area contributed by atoms with Crippen LogP contribution in [0.1, 0.15) is 36.8 Å². The minimum atomic E-state index is -3.01. The SMILES string of the molecule is CCOc1c(C(=O)NOCc2coc(-c3ccc(OC(F)F)c(OC(C)C)c3)n2)ccc(O)c1O. The molecular formula is C23H24F2N2O8. The van der Waals surface area contributed by atoms with Gasteiger partial charge in [-0.25, -0.2) is 10.5 Å². The van der Waals surface area contributed by atoms with Crippen molar-refractivity contribution < 1.29 is 47.3 Å². The van der Waals surface area contributed by atoms with Crippen LogP contribution >= 0.6 is 0 Å². The molecule has 0 aliphatic heterocycles. The molecule has 188 valence electrons. The smallest absolute Gasteiger partial charge is 0.387 e. The Bertz CT molecular complexity index is 1170. The molecule has 1 aromatic heterocycles. The fourth-order valence-electron chi connectivity index (χ4n) is 2.95. The second-order valence-electron chi connectivity index (χ2n) is 7.31. The van der Waals surface area contributed by atoms with Gasteiger partial charge in [-0.2, -0.15) is 8.78 Å². The first-order chi connectivity index (χ1) is 16.7. The first-order valence-electron chi connectivity index (χ1n) is 10.5. The Hall–Kier alpha value is -4.06. The molecular weight excluding hydrogens is 470 g/mol. The van der Waals surface area contributed by atoms with Crippen LogP contribution in [-0.4, -0.2) is 40.4 Å². The highest BCUT2D eigenvalue weighted by Gasteiger charge is 2.20. The maximum atomic E-state index is 12.7. The van der Waals surface area contributed by atoms with Crippen LogP contribution in [0.5, 0.6) is 28.7 Å². The van der Waals surface area contributed by atoms with Crippen LogP contribution in [0.4, 0.5) is 8.78 Å². The number of carbonyl (C=O) groups excluding carboxylic acids is 1. The highest BCUT2D eigenvalue weighted by Crippen LogP contribution is 2.38. The molecule has 12 heteroatoms. The molecule has 1 amide bonds. The quantitative estimate of drug-likeness (QED) is 0.262.